The summed E-state index contributed by atoms with van der Waals surface area (Å²) in [5.74, 6) is 0.596. The first kappa shape index (κ1) is 15.9. The summed E-state index contributed by atoms with van der Waals surface area (Å²) in [4.78, 5) is 19.1. The highest BCUT2D eigenvalue weighted by Crippen LogP contribution is 2.32. The first-order valence-corrected chi connectivity index (χ1v) is 8.76. The Hall–Kier alpha value is -2.63. The van der Waals surface area contributed by atoms with Crippen molar-refractivity contribution in [3.63, 3.8) is 0 Å². The molecule has 2 amide bonds. The van der Waals surface area contributed by atoms with Gasteiger partial charge in [-0.25, -0.2) is 14.2 Å². The molecule has 25 heavy (non-hydrogen) atoms. The molecule has 1 saturated heterocycles. The molecule has 0 bridgehead atoms. The lowest BCUT2D eigenvalue weighted by molar-refractivity contribution is 0.248. The zero-order valence-electron chi connectivity index (χ0n) is 14.0. The number of pyridine rings is 1. The van der Waals surface area contributed by atoms with E-state index in [1.54, 1.807) is 18.3 Å². The zero-order valence-corrected chi connectivity index (χ0v) is 14.0. The van der Waals surface area contributed by atoms with Crippen LogP contribution in [-0.2, 0) is 6.42 Å². The normalized spacial score (nSPS) is 18.9. The summed E-state index contributed by atoms with van der Waals surface area (Å²) < 4.78 is 13.3. The Morgan fingerprint density at radius 2 is 2.08 bits per heavy atom. The van der Waals surface area contributed by atoms with Gasteiger partial charge in [-0.05, 0) is 61.1 Å². The number of rotatable bonds is 3. The zero-order chi connectivity index (χ0) is 17.2. The van der Waals surface area contributed by atoms with E-state index < -0.39 is 0 Å². The van der Waals surface area contributed by atoms with Gasteiger partial charge in [0.1, 0.15) is 5.82 Å². The average molecular weight is 340 g/mol. The highest BCUT2D eigenvalue weighted by Gasteiger charge is 2.25. The van der Waals surface area contributed by atoms with Crippen LogP contribution in [0.3, 0.4) is 0 Å². The molecule has 0 saturated carbocycles. The number of nitrogens with one attached hydrogen (secondary N) is 2. The van der Waals surface area contributed by atoms with Crippen LogP contribution >= 0.6 is 0 Å². The van der Waals surface area contributed by atoms with Crippen molar-refractivity contribution in [3.8, 4) is 0 Å². The summed E-state index contributed by atoms with van der Waals surface area (Å²) in [6.45, 7) is 1.93. The molecule has 5 nitrogen and oxygen atoms in total. The van der Waals surface area contributed by atoms with E-state index in [-0.39, 0.29) is 17.9 Å². The fraction of sp³-hybridized carbons (Fsp3) is 0.368. The van der Waals surface area contributed by atoms with Crippen LogP contribution in [0.15, 0.2) is 36.5 Å². The van der Waals surface area contributed by atoms with Crippen molar-refractivity contribution in [3.05, 3.63) is 53.5 Å². The van der Waals surface area contributed by atoms with Crippen LogP contribution in [0.5, 0.6) is 0 Å². The van der Waals surface area contributed by atoms with Gasteiger partial charge in [0.25, 0.3) is 0 Å². The lowest BCUT2D eigenvalue weighted by Crippen LogP contribution is -2.32. The SMILES string of the molecule is O=C(Nc1cccnc1N1CCCC1)NC1CCc2cc(F)ccc21. The number of hydrogen-bond donors (Lipinski definition) is 2. The number of urea groups is 1. The van der Waals surface area contributed by atoms with Crippen LogP contribution in [0.25, 0.3) is 0 Å². The quantitative estimate of drug-likeness (QED) is 0.897. The second-order valence-corrected chi connectivity index (χ2v) is 6.60. The molecule has 0 radical (unpaired) electrons. The van der Waals surface area contributed by atoms with E-state index >= 15 is 0 Å². The maximum absolute atomic E-state index is 13.3. The topological polar surface area (TPSA) is 57.3 Å². The van der Waals surface area contributed by atoms with E-state index in [1.165, 1.54) is 6.07 Å². The Morgan fingerprint density at radius 1 is 1.24 bits per heavy atom. The second kappa shape index (κ2) is 6.70. The van der Waals surface area contributed by atoms with Crippen molar-refractivity contribution < 1.29 is 9.18 Å². The Labute approximate surface area is 146 Å². The van der Waals surface area contributed by atoms with E-state index in [1.807, 2.05) is 12.1 Å². The van der Waals surface area contributed by atoms with Crippen molar-refractivity contribution in [2.24, 2.45) is 0 Å². The minimum absolute atomic E-state index is 0.0810. The fourth-order valence-corrected chi connectivity index (χ4v) is 3.73. The largest absolute Gasteiger partial charge is 0.355 e. The predicted molar refractivity (Wildman–Crippen MR) is 95.3 cm³/mol. The first-order chi connectivity index (χ1) is 12.2. The summed E-state index contributed by atoms with van der Waals surface area (Å²) in [6.07, 6.45) is 5.62. The summed E-state index contributed by atoms with van der Waals surface area (Å²) in [5.41, 5.74) is 2.70. The third-order valence-corrected chi connectivity index (χ3v) is 4.93. The third kappa shape index (κ3) is 3.29. The molecule has 130 valence electrons. The van der Waals surface area contributed by atoms with Gasteiger partial charge in [-0.15, -0.1) is 0 Å². The molecule has 1 aliphatic carbocycles. The number of carbonyl (C=O) groups is 1. The Balaban J connectivity index is 1.46. The van der Waals surface area contributed by atoms with Crippen LogP contribution in [0.1, 0.15) is 36.4 Å². The number of fused-ring (bicyclic) bond motifs is 1. The lowest BCUT2D eigenvalue weighted by atomic mass is 10.1. The molecule has 1 aliphatic heterocycles. The molecule has 1 aromatic carbocycles. The minimum Gasteiger partial charge on any atom is -0.355 e. The summed E-state index contributed by atoms with van der Waals surface area (Å²) >= 11 is 0. The fourth-order valence-electron chi connectivity index (χ4n) is 3.73. The number of aryl methyl sites for hydroxylation is 1. The van der Waals surface area contributed by atoms with Gasteiger partial charge in [-0.3, -0.25) is 0 Å². The molecule has 2 heterocycles. The molecule has 1 atom stereocenters. The molecule has 2 aromatic rings. The molecule has 6 heteroatoms. The molecule has 2 N–H and O–H groups in total. The van der Waals surface area contributed by atoms with E-state index in [4.69, 9.17) is 0 Å². The summed E-state index contributed by atoms with van der Waals surface area (Å²) in [7, 11) is 0. The Morgan fingerprint density at radius 3 is 2.92 bits per heavy atom. The van der Waals surface area contributed by atoms with E-state index in [9.17, 15) is 9.18 Å². The van der Waals surface area contributed by atoms with E-state index in [2.05, 4.69) is 20.5 Å². The third-order valence-electron chi connectivity index (χ3n) is 4.93. The van der Waals surface area contributed by atoms with Crippen LogP contribution in [-0.4, -0.2) is 24.1 Å². The second-order valence-electron chi connectivity index (χ2n) is 6.60. The number of carbonyl (C=O) groups excluding carboxylic acids is 1. The van der Waals surface area contributed by atoms with Crippen LogP contribution < -0.4 is 15.5 Å². The van der Waals surface area contributed by atoms with Crippen molar-refractivity contribution in [2.75, 3.05) is 23.3 Å². The van der Waals surface area contributed by atoms with E-state index in [0.29, 0.717) is 0 Å². The highest BCUT2D eigenvalue weighted by molar-refractivity contribution is 5.92. The van der Waals surface area contributed by atoms with Crippen LogP contribution in [0.2, 0.25) is 0 Å². The van der Waals surface area contributed by atoms with Crippen molar-refractivity contribution in [2.45, 2.75) is 31.7 Å². The number of aromatic nitrogens is 1. The maximum atomic E-state index is 13.3. The predicted octanol–water partition coefficient (Wildman–Crippen LogP) is 3.63. The minimum atomic E-state index is -0.254. The number of anilines is 2. The number of nitrogens with zero attached hydrogens (tertiary/aromatic N) is 2. The van der Waals surface area contributed by atoms with Crippen molar-refractivity contribution in [1.82, 2.24) is 10.3 Å². The van der Waals surface area contributed by atoms with Gasteiger partial charge < -0.3 is 15.5 Å². The van der Waals surface area contributed by atoms with Crippen molar-refractivity contribution >= 4 is 17.5 Å². The maximum Gasteiger partial charge on any atom is 0.319 e. The van der Waals surface area contributed by atoms with Gasteiger partial charge in [0.05, 0.1) is 11.7 Å². The Bertz CT molecular complexity index is 789. The monoisotopic (exact) mass is 340 g/mol. The van der Waals surface area contributed by atoms with Crippen LogP contribution in [0, 0.1) is 5.82 Å². The molecule has 0 spiro atoms. The van der Waals surface area contributed by atoms with Gasteiger partial charge in [-0.1, -0.05) is 6.07 Å². The number of halogens is 1. The van der Waals surface area contributed by atoms with Gasteiger partial charge in [0, 0.05) is 19.3 Å². The van der Waals surface area contributed by atoms with Gasteiger partial charge >= 0.3 is 6.03 Å². The van der Waals surface area contributed by atoms with Gasteiger partial charge in [0.2, 0.25) is 0 Å². The molecule has 1 fully saturated rings. The summed E-state index contributed by atoms with van der Waals surface area (Å²) in [5, 5.41) is 5.93. The number of hydrogen-bond acceptors (Lipinski definition) is 3. The standard InChI is InChI=1S/C19H21FN4O/c20-14-6-7-15-13(12-14)5-8-16(15)22-19(25)23-17-4-3-9-21-18(17)24-10-1-2-11-24/h3-4,6-7,9,12,16H,1-2,5,8,10-11H2,(H2,22,23,25). The average Bonchev–Trinajstić information content (AvgIpc) is 3.25. The summed E-state index contributed by atoms with van der Waals surface area (Å²) in [6, 6.07) is 8.13. The molecule has 1 aromatic heterocycles. The molecular weight excluding hydrogens is 319 g/mol. The van der Waals surface area contributed by atoms with Crippen LogP contribution in [0.4, 0.5) is 20.7 Å². The Kier molecular flexibility index (Phi) is 4.26. The van der Waals surface area contributed by atoms with E-state index in [0.717, 1.165) is 61.4 Å². The number of benzene rings is 1. The van der Waals surface area contributed by atoms with Crippen molar-refractivity contribution in [1.29, 1.82) is 0 Å². The van der Waals surface area contributed by atoms with Gasteiger partial charge in [-0.2, -0.15) is 0 Å². The number of amides is 2. The van der Waals surface area contributed by atoms with Gasteiger partial charge in [0.15, 0.2) is 5.82 Å². The highest BCUT2D eigenvalue weighted by atomic mass is 19.1. The molecule has 4 rings (SSSR count). The smallest absolute Gasteiger partial charge is 0.319 e. The lowest BCUT2D eigenvalue weighted by Gasteiger charge is -2.21. The molecule has 2 aliphatic rings. The molecule has 1 unspecified atom stereocenters. The molecular formula is C19H21FN4O. The first-order valence-electron chi connectivity index (χ1n) is 8.76.